The van der Waals surface area contributed by atoms with Crippen LogP contribution in [-0.2, 0) is 22.5 Å². The Balaban J connectivity index is 1.27. The zero-order valence-electron chi connectivity index (χ0n) is 21.2. The Labute approximate surface area is 225 Å². The molecule has 0 aliphatic carbocycles. The molecule has 1 atom stereocenters. The second-order valence-corrected chi connectivity index (χ2v) is 9.21. The van der Waals surface area contributed by atoms with E-state index >= 15 is 0 Å². The van der Waals surface area contributed by atoms with Crippen molar-refractivity contribution in [1.82, 2.24) is 24.8 Å². The van der Waals surface area contributed by atoms with Crippen molar-refractivity contribution in [1.29, 1.82) is 0 Å². The summed E-state index contributed by atoms with van der Waals surface area (Å²) in [7, 11) is 0. The molecule has 2 aromatic heterocycles. The summed E-state index contributed by atoms with van der Waals surface area (Å²) in [6.07, 6.45) is 4.28. The summed E-state index contributed by atoms with van der Waals surface area (Å²) in [5.41, 5.74) is 3.11. The molecular weight excluding hydrogens is 496 g/mol. The maximum Gasteiger partial charge on any atom is 0.293 e. The second-order valence-electron chi connectivity index (χ2n) is 9.21. The van der Waals surface area contributed by atoms with Crippen LogP contribution in [0.1, 0.15) is 33.9 Å². The molecule has 1 unspecified atom stereocenters. The van der Waals surface area contributed by atoms with Crippen molar-refractivity contribution in [2.24, 2.45) is 0 Å². The highest BCUT2D eigenvalue weighted by atomic mass is 16.5. The third-order valence-electron chi connectivity index (χ3n) is 6.47. The molecule has 5 rings (SSSR count). The first-order valence-corrected chi connectivity index (χ1v) is 12.6. The van der Waals surface area contributed by atoms with Crippen LogP contribution in [0.2, 0.25) is 0 Å². The maximum absolute atomic E-state index is 13.1. The summed E-state index contributed by atoms with van der Waals surface area (Å²) in [6, 6.07) is 15.8. The van der Waals surface area contributed by atoms with Crippen LogP contribution in [0.5, 0.6) is 5.75 Å². The van der Waals surface area contributed by atoms with E-state index in [-0.39, 0.29) is 12.1 Å². The smallest absolute Gasteiger partial charge is 0.293 e. The Kier molecular flexibility index (Phi) is 8.12. The number of nitrogens with zero attached hydrogens (tertiary/aromatic N) is 3. The number of ether oxygens (including phenoxy) is 1. The minimum absolute atomic E-state index is 0.00306. The molecule has 10 nitrogen and oxygen atoms in total. The molecule has 198 valence electrons. The van der Waals surface area contributed by atoms with Gasteiger partial charge in [0.2, 0.25) is 11.7 Å². The van der Waals surface area contributed by atoms with Crippen molar-refractivity contribution < 1.29 is 14.6 Å². The first kappa shape index (κ1) is 25.9. The van der Waals surface area contributed by atoms with Crippen LogP contribution in [-0.4, -0.2) is 62.2 Å². The fourth-order valence-corrected chi connectivity index (χ4v) is 4.33. The van der Waals surface area contributed by atoms with Gasteiger partial charge in [0.25, 0.3) is 5.56 Å². The normalized spacial score (nSPS) is 14.3. The van der Waals surface area contributed by atoms with Crippen molar-refractivity contribution in [3.8, 4) is 17.6 Å². The monoisotopic (exact) mass is 524 g/mol. The van der Waals surface area contributed by atoms with Gasteiger partial charge >= 0.3 is 0 Å². The SMILES string of the molecule is O=C(Nc1cnc[nH]1)C(Cc1ccc(C#Cc2ccc(CN3CCOCC3)cc2)cc1)c1nc[nH]c(=O)c1O. The fraction of sp³-hybridized carbons (Fsp3) is 0.241. The number of amides is 1. The molecular formula is C29H28N6O4. The molecule has 0 spiro atoms. The van der Waals surface area contributed by atoms with E-state index in [1.807, 2.05) is 36.4 Å². The molecule has 3 heterocycles. The number of anilines is 1. The summed E-state index contributed by atoms with van der Waals surface area (Å²) in [5.74, 6) is 4.84. The molecule has 39 heavy (non-hydrogen) atoms. The van der Waals surface area contributed by atoms with E-state index < -0.39 is 23.1 Å². The predicted octanol–water partition coefficient (Wildman–Crippen LogP) is 2.40. The number of imidazole rings is 1. The van der Waals surface area contributed by atoms with Crippen LogP contribution in [0.4, 0.5) is 5.82 Å². The van der Waals surface area contributed by atoms with Crippen LogP contribution in [0.25, 0.3) is 0 Å². The number of rotatable bonds is 7. The summed E-state index contributed by atoms with van der Waals surface area (Å²) in [4.78, 5) is 40.5. The second kappa shape index (κ2) is 12.2. The molecule has 1 amide bonds. The van der Waals surface area contributed by atoms with E-state index in [1.165, 1.54) is 24.4 Å². The molecule has 4 aromatic rings. The predicted molar refractivity (Wildman–Crippen MR) is 145 cm³/mol. The Morgan fingerprint density at radius 3 is 2.31 bits per heavy atom. The van der Waals surface area contributed by atoms with Gasteiger partial charge in [-0.15, -0.1) is 0 Å². The third-order valence-corrected chi connectivity index (χ3v) is 6.47. The van der Waals surface area contributed by atoms with Gasteiger partial charge in [-0.1, -0.05) is 36.1 Å². The van der Waals surface area contributed by atoms with Crippen LogP contribution >= 0.6 is 0 Å². The van der Waals surface area contributed by atoms with Crippen LogP contribution in [0, 0.1) is 11.8 Å². The van der Waals surface area contributed by atoms with E-state index in [1.54, 1.807) is 0 Å². The van der Waals surface area contributed by atoms with Gasteiger partial charge in [-0.25, -0.2) is 9.97 Å². The molecule has 0 saturated carbocycles. The highest BCUT2D eigenvalue weighted by Gasteiger charge is 2.27. The number of carbonyl (C=O) groups excluding carboxylic acids is 1. The number of hydrogen-bond donors (Lipinski definition) is 4. The van der Waals surface area contributed by atoms with Crippen molar-refractivity contribution in [2.75, 3.05) is 31.6 Å². The molecule has 4 N–H and O–H groups in total. The maximum atomic E-state index is 13.1. The highest BCUT2D eigenvalue weighted by molar-refractivity contribution is 5.95. The first-order chi connectivity index (χ1) is 19.0. The largest absolute Gasteiger partial charge is 0.502 e. The van der Waals surface area contributed by atoms with Crippen LogP contribution in [0.3, 0.4) is 0 Å². The van der Waals surface area contributed by atoms with Crippen molar-refractivity contribution in [3.63, 3.8) is 0 Å². The fourth-order valence-electron chi connectivity index (χ4n) is 4.33. The number of nitrogens with one attached hydrogen (secondary N) is 3. The lowest BCUT2D eigenvalue weighted by Crippen LogP contribution is -2.35. The average Bonchev–Trinajstić information content (AvgIpc) is 3.47. The zero-order valence-corrected chi connectivity index (χ0v) is 21.2. The molecule has 1 saturated heterocycles. The number of aromatic amines is 2. The number of hydrogen-bond acceptors (Lipinski definition) is 7. The Morgan fingerprint density at radius 1 is 1.00 bits per heavy atom. The van der Waals surface area contributed by atoms with Gasteiger partial charge in [0, 0.05) is 30.8 Å². The van der Waals surface area contributed by atoms with Gasteiger partial charge in [-0.3, -0.25) is 14.5 Å². The Bertz CT molecular complexity index is 1510. The number of benzene rings is 2. The molecule has 10 heteroatoms. The molecule has 1 fully saturated rings. The van der Waals surface area contributed by atoms with Gasteiger partial charge in [0.05, 0.1) is 38.0 Å². The lowest BCUT2D eigenvalue weighted by Gasteiger charge is -2.26. The molecule has 2 aromatic carbocycles. The van der Waals surface area contributed by atoms with E-state index in [4.69, 9.17) is 4.74 Å². The Morgan fingerprint density at radius 2 is 1.67 bits per heavy atom. The minimum atomic E-state index is -0.913. The lowest BCUT2D eigenvalue weighted by atomic mass is 9.94. The lowest BCUT2D eigenvalue weighted by molar-refractivity contribution is -0.117. The molecule has 0 bridgehead atoms. The molecule has 1 aliphatic heterocycles. The highest BCUT2D eigenvalue weighted by Crippen LogP contribution is 2.25. The van der Waals surface area contributed by atoms with Crippen LogP contribution in [0.15, 0.2) is 72.2 Å². The summed E-state index contributed by atoms with van der Waals surface area (Å²) in [6.45, 7) is 4.38. The number of morpholine rings is 1. The number of aromatic nitrogens is 4. The van der Waals surface area contributed by atoms with E-state index in [2.05, 4.69) is 54.1 Å². The summed E-state index contributed by atoms with van der Waals surface area (Å²) < 4.78 is 5.41. The van der Waals surface area contributed by atoms with E-state index in [0.29, 0.717) is 5.82 Å². The van der Waals surface area contributed by atoms with Crippen LogP contribution < -0.4 is 10.9 Å². The first-order valence-electron chi connectivity index (χ1n) is 12.6. The summed E-state index contributed by atoms with van der Waals surface area (Å²) in [5, 5.41) is 13.0. The van der Waals surface area contributed by atoms with Gasteiger partial charge in [-0.05, 0) is 41.8 Å². The number of aromatic hydroxyl groups is 1. The zero-order chi connectivity index (χ0) is 27.0. The van der Waals surface area contributed by atoms with Crippen molar-refractivity contribution in [2.45, 2.75) is 18.9 Å². The van der Waals surface area contributed by atoms with Crippen molar-refractivity contribution >= 4 is 11.7 Å². The van der Waals surface area contributed by atoms with E-state index in [9.17, 15) is 14.7 Å². The van der Waals surface area contributed by atoms with Gasteiger partial charge in [-0.2, -0.15) is 0 Å². The van der Waals surface area contributed by atoms with Gasteiger partial charge < -0.3 is 25.1 Å². The minimum Gasteiger partial charge on any atom is -0.502 e. The van der Waals surface area contributed by atoms with Crippen molar-refractivity contribution in [3.05, 3.63) is 106 Å². The topological polar surface area (TPSA) is 136 Å². The quantitative estimate of drug-likeness (QED) is 0.273. The molecule has 1 aliphatic rings. The van der Waals surface area contributed by atoms with Gasteiger partial charge in [0.15, 0.2) is 0 Å². The van der Waals surface area contributed by atoms with Gasteiger partial charge in [0.1, 0.15) is 11.5 Å². The third kappa shape index (κ3) is 6.78. The summed E-state index contributed by atoms with van der Waals surface area (Å²) >= 11 is 0. The van der Waals surface area contributed by atoms with E-state index in [0.717, 1.165) is 49.5 Å². The number of carbonyl (C=O) groups is 1. The average molecular weight is 525 g/mol. The standard InChI is InChI=1S/C29H28N6O4/c36-27-26(32-19-33-29(27)38)24(28(37)34-25-16-30-18-31-25)15-22-7-3-20(4-8-22)1-2-21-5-9-23(10-6-21)17-35-11-13-39-14-12-35/h3-10,16,18-19,24,36H,11-15,17H2,(H,30,31)(H,34,37)(H,32,33,38). The Hall–Kier alpha value is -4.72. The number of H-pyrrole nitrogens is 2. The molecule has 0 radical (unpaired) electrons.